The van der Waals surface area contributed by atoms with E-state index in [0.29, 0.717) is 0 Å². The van der Waals surface area contributed by atoms with Crippen LogP contribution in [0, 0.1) is 3.57 Å². The summed E-state index contributed by atoms with van der Waals surface area (Å²) in [6.07, 6.45) is 1.66. The molecule has 0 aliphatic carbocycles. The summed E-state index contributed by atoms with van der Waals surface area (Å²) in [6, 6.07) is 11.0. The summed E-state index contributed by atoms with van der Waals surface area (Å²) in [5.41, 5.74) is 1.74. The molecule has 2 nitrogen and oxygen atoms in total. The van der Waals surface area contributed by atoms with Gasteiger partial charge in [-0.05, 0) is 70.1 Å². The summed E-state index contributed by atoms with van der Waals surface area (Å²) in [7, 11) is -1.06. The number of phenolic OH excluding ortho intramolecular Hbond substituents is 1. The highest BCUT2D eigenvalue weighted by molar-refractivity contribution is 14.1. The zero-order valence-corrected chi connectivity index (χ0v) is 14.0. The molecule has 0 aliphatic heterocycles. The number of phenols is 1. The Hall–Kier alpha value is -0.400. The molecule has 1 unspecified atom stereocenters. The van der Waals surface area contributed by atoms with Crippen molar-refractivity contribution < 1.29 is 9.32 Å². The number of hydrogen-bond acceptors (Lipinski definition) is 2. The van der Waals surface area contributed by atoms with Crippen molar-refractivity contribution >= 4 is 49.3 Å². The van der Waals surface area contributed by atoms with E-state index in [9.17, 15) is 9.32 Å². The molecule has 94 valence electrons. The van der Waals surface area contributed by atoms with E-state index in [1.165, 1.54) is 0 Å². The van der Waals surface area contributed by atoms with E-state index >= 15 is 0 Å². The molecule has 18 heavy (non-hydrogen) atoms. The molecule has 1 N–H and O–H groups in total. The lowest BCUT2D eigenvalue weighted by atomic mass is 10.1. The smallest absolute Gasteiger partial charge is 0.117 e. The molecule has 2 aromatic carbocycles. The molecule has 0 spiro atoms. The van der Waals surface area contributed by atoms with Gasteiger partial charge in [-0.1, -0.05) is 15.9 Å². The third-order valence-electron chi connectivity index (χ3n) is 2.44. The summed E-state index contributed by atoms with van der Waals surface area (Å²) < 4.78 is 13.6. The molecule has 0 bridgehead atoms. The van der Waals surface area contributed by atoms with Crippen LogP contribution in [0.2, 0.25) is 0 Å². The molecule has 0 aromatic heterocycles. The van der Waals surface area contributed by atoms with E-state index in [-0.39, 0.29) is 5.75 Å². The minimum Gasteiger partial charge on any atom is -0.508 e. The maximum Gasteiger partial charge on any atom is 0.117 e. The lowest BCUT2D eigenvalue weighted by Gasteiger charge is -2.09. The van der Waals surface area contributed by atoms with Crippen molar-refractivity contribution in [1.29, 1.82) is 0 Å². The van der Waals surface area contributed by atoms with Crippen LogP contribution < -0.4 is 0 Å². The van der Waals surface area contributed by atoms with E-state index in [1.54, 1.807) is 18.4 Å². The molecule has 0 fully saturated rings. The molecular weight excluding hydrogens is 427 g/mol. The van der Waals surface area contributed by atoms with Crippen LogP contribution in [0.4, 0.5) is 0 Å². The summed E-state index contributed by atoms with van der Waals surface area (Å²) in [6.45, 7) is 0. The van der Waals surface area contributed by atoms with E-state index < -0.39 is 10.8 Å². The van der Waals surface area contributed by atoms with E-state index in [2.05, 4.69) is 38.5 Å². The van der Waals surface area contributed by atoms with Crippen LogP contribution in [0.3, 0.4) is 0 Å². The molecule has 0 saturated carbocycles. The van der Waals surface area contributed by atoms with Gasteiger partial charge >= 0.3 is 0 Å². The molecule has 2 rings (SSSR count). The quantitative estimate of drug-likeness (QED) is 0.717. The van der Waals surface area contributed by atoms with Crippen molar-refractivity contribution in [2.75, 3.05) is 6.26 Å². The van der Waals surface area contributed by atoms with Gasteiger partial charge in [0.2, 0.25) is 0 Å². The zero-order chi connectivity index (χ0) is 13.3. The molecule has 2 aromatic rings. The summed E-state index contributed by atoms with van der Waals surface area (Å²) in [5, 5.41) is 9.65. The fraction of sp³-hybridized carbons (Fsp3) is 0.0769. The van der Waals surface area contributed by atoms with Gasteiger partial charge in [-0.15, -0.1) is 0 Å². The van der Waals surface area contributed by atoms with E-state index in [1.807, 2.05) is 24.3 Å². The predicted molar refractivity (Wildman–Crippen MR) is 86.3 cm³/mol. The van der Waals surface area contributed by atoms with Crippen molar-refractivity contribution in [2.45, 2.75) is 4.90 Å². The Balaban J connectivity index is 2.68. The van der Waals surface area contributed by atoms with Crippen LogP contribution in [-0.4, -0.2) is 15.6 Å². The fourth-order valence-electron chi connectivity index (χ4n) is 1.71. The monoisotopic (exact) mass is 436 g/mol. The zero-order valence-electron chi connectivity index (χ0n) is 9.48. The van der Waals surface area contributed by atoms with Gasteiger partial charge in [0.15, 0.2) is 0 Å². The minimum absolute atomic E-state index is 0.186. The third-order valence-corrected chi connectivity index (χ3v) is 4.55. The van der Waals surface area contributed by atoms with Gasteiger partial charge in [0.1, 0.15) is 5.75 Å². The standard InChI is InChI=1S/C13H10BrIO2S/c1-18(17)13-3-2-10(15)7-12(13)8-4-9(14)6-11(16)5-8/h2-7,16H,1H3. The normalized spacial score (nSPS) is 12.4. The molecule has 1 atom stereocenters. The van der Waals surface area contributed by atoms with Crippen molar-refractivity contribution in [3.05, 3.63) is 44.4 Å². The lowest BCUT2D eigenvalue weighted by Crippen LogP contribution is -1.93. The first-order valence-corrected chi connectivity index (χ1v) is 8.53. The first-order chi connectivity index (χ1) is 8.47. The Morgan fingerprint density at radius 3 is 2.56 bits per heavy atom. The van der Waals surface area contributed by atoms with Gasteiger partial charge in [-0.2, -0.15) is 0 Å². The molecule has 5 heteroatoms. The molecule has 0 saturated heterocycles. The minimum atomic E-state index is -1.06. The van der Waals surface area contributed by atoms with Gasteiger partial charge in [0, 0.05) is 19.2 Å². The Morgan fingerprint density at radius 1 is 1.22 bits per heavy atom. The van der Waals surface area contributed by atoms with Crippen molar-refractivity contribution in [2.24, 2.45) is 0 Å². The van der Waals surface area contributed by atoms with Gasteiger partial charge in [-0.3, -0.25) is 4.21 Å². The summed E-state index contributed by atoms with van der Waals surface area (Å²) in [5.74, 6) is 0.186. The largest absolute Gasteiger partial charge is 0.508 e. The van der Waals surface area contributed by atoms with Crippen molar-refractivity contribution in [1.82, 2.24) is 0 Å². The van der Waals surface area contributed by atoms with E-state index in [0.717, 1.165) is 24.1 Å². The summed E-state index contributed by atoms with van der Waals surface area (Å²) >= 11 is 5.57. The second kappa shape index (κ2) is 5.71. The highest BCUT2D eigenvalue weighted by Crippen LogP contribution is 2.32. The van der Waals surface area contributed by atoms with Gasteiger partial charge in [0.25, 0.3) is 0 Å². The van der Waals surface area contributed by atoms with Crippen LogP contribution in [0.5, 0.6) is 5.75 Å². The maximum atomic E-state index is 11.8. The molecule has 0 amide bonds. The first kappa shape index (κ1) is 14.0. The topological polar surface area (TPSA) is 37.3 Å². The number of halogens is 2. The second-order valence-corrected chi connectivity index (χ2v) is 7.30. The Bertz CT molecular complexity index is 608. The SMILES string of the molecule is CS(=O)c1ccc(I)cc1-c1cc(O)cc(Br)c1. The van der Waals surface area contributed by atoms with Crippen LogP contribution in [0.25, 0.3) is 11.1 Å². The molecular formula is C13H10BrIO2S. The lowest BCUT2D eigenvalue weighted by molar-refractivity contribution is 0.475. The van der Waals surface area contributed by atoms with Gasteiger partial charge in [0.05, 0.1) is 10.8 Å². The van der Waals surface area contributed by atoms with Crippen LogP contribution in [0.15, 0.2) is 45.8 Å². The Kier molecular flexibility index (Phi) is 4.45. The van der Waals surface area contributed by atoms with Gasteiger partial charge in [-0.25, -0.2) is 0 Å². The number of aromatic hydroxyl groups is 1. The van der Waals surface area contributed by atoms with Crippen molar-refractivity contribution in [3.63, 3.8) is 0 Å². The maximum absolute atomic E-state index is 11.8. The van der Waals surface area contributed by atoms with E-state index in [4.69, 9.17) is 0 Å². The van der Waals surface area contributed by atoms with Crippen LogP contribution in [-0.2, 0) is 10.8 Å². The highest BCUT2D eigenvalue weighted by Gasteiger charge is 2.10. The molecule has 0 radical (unpaired) electrons. The van der Waals surface area contributed by atoms with Crippen molar-refractivity contribution in [3.8, 4) is 16.9 Å². The molecule has 0 heterocycles. The fourth-order valence-corrected chi connectivity index (χ4v) is 3.43. The first-order valence-electron chi connectivity index (χ1n) is 5.10. The average molecular weight is 437 g/mol. The number of benzene rings is 2. The Morgan fingerprint density at radius 2 is 1.94 bits per heavy atom. The number of rotatable bonds is 2. The molecule has 0 aliphatic rings. The Labute approximate surface area is 130 Å². The highest BCUT2D eigenvalue weighted by atomic mass is 127. The van der Waals surface area contributed by atoms with Gasteiger partial charge < -0.3 is 5.11 Å². The average Bonchev–Trinajstić information content (AvgIpc) is 2.27. The summed E-state index contributed by atoms with van der Waals surface area (Å²) in [4.78, 5) is 0.771. The number of hydrogen-bond donors (Lipinski definition) is 1. The van der Waals surface area contributed by atoms with Crippen LogP contribution in [0.1, 0.15) is 0 Å². The second-order valence-electron chi connectivity index (χ2n) is 3.79. The van der Waals surface area contributed by atoms with Crippen LogP contribution >= 0.6 is 38.5 Å². The third kappa shape index (κ3) is 3.13. The predicted octanol–water partition coefficient (Wildman–Crippen LogP) is 4.16.